The first kappa shape index (κ1) is 12.6. The lowest BCUT2D eigenvalue weighted by molar-refractivity contribution is 0.580. The first-order valence-corrected chi connectivity index (χ1v) is 7.00. The molecule has 4 heteroatoms. The van der Waals surface area contributed by atoms with Crippen molar-refractivity contribution in [2.75, 3.05) is 0 Å². The van der Waals surface area contributed by atoms with E-state index in [1.165, 1.54) is 41.0 Å². The molecule has 1 heterocycles. The van der Waals surface area contributed by atoms with Gasteiger partial charge in [0.1, 0.15) is 0 Å². The molecule has 2 rings (SSSR count). The van der Waals surface area contributed by atoms with E-state index in [1.54, 1.807) is 0 Å². The van der Waals surface area contributed by atoms with Gasteiger partial charge in [-0.25, -0.2) is 5.84 Å². The monoisotopic (exact) mass is 251 g/mol. The molecular weight excluding hydrogens is 230 g/mol. The molecule has 0 aromatic carbocycles. The van der Waals surface area contributed by atoms with E-state index in [-0.39, 0.29) is 5.54 Å². The van der Waals surface area contributed by atoms with Crippen LogP contribution < -0.4 is 11.3 Å². The third kappa shape index (κ3) is 3.07. The molecule has 1 aromatic heterocycles. The van der Waals surface area contributed by atoms with Crippen LogP contribution in [0.25, 0.3) is 0 Å². The van der Waals surface area contributed by atoms with Gasteiger partial charge in [-0.15, -0.1) is 11.3 Å². The van der Waals surface area contributed by atoms with Crippen LogP contribution in [0.2, 0.25) is 0 Å². The summed E-state index contributed by atoms with van der Waals surface area (Å²) in [4.78, 5) is 7.32. The van der Waals surface area contributed by atoms with Crippen LogP contribution in [-0.2, 0) is 12.8 Å². The maximum Gasteiger partial charge on any atom is 0.153 e. The minimum atomic E-state index is -0.105. The second kappa shape index (κ2) is 4.78. The number of hydrogen-bond donors (Lipinski definition) is 2. The van der Waals surface area contributed by atoms with Crippen molar-refractivity contribution in [1.29, 1.82) is 0 Å². The Morgan fingerprint density at radius 2 is 2.06 bits per heavy atom. The lowest BCUT2D eigenvalue weighted by Crippen LogP contribution is -2.33. The number of amidine groups is 1. The summed E-state index contributed by atoms with van der Waals surface area (Å²) in [5.41, 5.74) is 4.13. The summed E-state index contributed by atoms with van der Waals surface area (Å²) < 4.78 is 0. The van der Waals surface area contributed by atoms with E-state index in [2.05, 4.69) is 37.3 Å². The number of aryl methyl sites for hydroxylation is 2. The van der Waals surface area contributed by atoms with Gasteiger partial charge >= 0.3 is 0 Å². The minimum Gasteiger partial charge on any atom is -0.308 e. The summed E-state index contributed by atoms with van der Waals surface area (Å²) in [5.74, 6) is 6.41. The number of nitrogens with one attached hydrogen (secondary N) is 1. The van der Waals surface area contributed by atoms with E-state index >= 15 is 0 Å². The number of rotatable bonds is 1. The number of thiophene rings is 1. The highest BCUT2D eigenvalue weighted by Gasteiger charge is 2.17. The summed E-state index contributed by atoms with van der Waals surface area (Å²) in [6.07, 6.45) is 5.05. The van der Waals surface area contributed by atoms with Crippen molar-refractivity contribution in [3.8, 4) is 0 Å². The van der Waals surface area contributed by atoms with Crippen LogP contribution in [0.15, 0.2) is 11.1 Å². The molecular formula is C13H21N3S. The zero-order valence-electron chi connectivity index (χ0n) is 10.8. The van der Waals surface area contributed by atoms with Crippen molar-refractivity contribution in [2.45, 2.75) is 52.0 Å². The van der Waals surface area contributed by atoms with Crippen LogP contribution in [0.5, 0.6) is 0 Å². The van der Waals surface area contributed by atoms with E-state index in [0.29, 0.717) is 0 Å². The maximum atomic E-state index is 5.60. The summed E-state index contributed by atoms with van der Waals surface area (Å²) in [7, 11) is 0. The average molecular weight is 251 g/mol. The quantitative estimate of drug-likeness (QED) is 0.349. The fourth-order valence-electron chi connectivity index (χ4n) is 2.10. The van der Waals surface area contributed by atoms with Crippen molar-refractivity contribution in [1.82, 2.24) is 5.43 Å². The lowest BCUT2D eigenvalue weighted by atomic mass is 9.99. The number of aliphatic imine (C=N–C) groups is 1. The number of fused-ring (bicyclic) bond motifs is 1. The third-order valence-electron chi connectivity index (χ3n) is 2.81. The Balaban J connectivity index is 2.32. The molecule has 0 atom stereocenters. The second-order valence-corrected chi connectivity index (χ2v) is 6.68. The van der Waals surface area contributed by atoms with E-state index in [9.17, 15) is 0 Å². The number of hydrogen-bond acceptors (Lipinski definition) is 3. The first-order chi connectivity index (χ1) is 7.99. The summed E-state index contributed by atoms with van der Waals surface area (Å²) in [6.45, 7) is 6.24. The van der Waals surface area contributed by atoms with Crippen molar-refractivity contribution < 1.29 is 0 Å². The van der Waals surface area contributed by atoms with Gasteiger partial charge in [-0.05, 0) is 58.1 Å². The van der Waals surface area contributed by atoms with Crippen LogP contribution >= 0.6 is 11.3 Å². The highest BCUT2D eigenvalue weighted by Crippen LogP contribution is 2.30. The van der Waals surface area contributed by atoms with Crippen LogP contribution in [0.4, 0.5) is 0 Å². The SMILES string of the molecule is CC(C)(C)N=C(NN)c1cc2c(s1)CCCC2. The maximum absolute atomic E-state index is 5.60. The van der Waals surface area contributed by atoms with Crippen molar-refractivity contribution in [2.24, 2.45) is 10.8 Å². The number of nitrogens with zero attached hydrogens (tertiary/aromatic N) is 1. The van der Waals surface area contributed by atoms with Crippen LogP contribution in [0.1, 0.15) is 48.9 Å². The van der Waals surface area contributed by atoms with Gasteiger partial charge in [0.2, 0.25) is 0 Å². The molecule has 0 spiro atoms. The molecule has 0 aliphatic heterocycles. The average Bonchev–Trinajstić information content (AvgIpc) is 2.67. The van der Waals surface area contributed by atoms with Crippen molar-refractivity contribution >= 4 is 17.2 Å². The molecule has 0 radical (unpaired) electrons. The summed E-state index contributed by atoms with van der Waals surface area (Å²) >= 11 is 1.84. The molecule has 0 saturated heterocycles. The summed E-state index contributed by atoms with van der Waals surface area (Å²) in [6, 6.07) is 2.25. The van der Waals surface area contributed by atoms with Gasteiger partial charge in [-0.2, -0.15) is 0 Å². The molecule has 0 unspecified atom stereocenters. The molecule has 0 amide bonds. The molecule has 0 bridgehead atoms. The number of nitrogens with two attached hydrogens (primary N) is 1. The Morgan fingerprint density at radius 1 is 1.35 bits per heavy atom. The Bertz CT molecular complexity index is 403. The van der Waals surface area contributed by atoms with Crippen LogP contribution in [0, 0.1) is 0 Å². The Labute approximate surface area is 107 Å². The van der Waals surface area contributed by atoms with Gasteiger partial charge in [-0.1, -0.05) is 0 Å². The molecule has 0 fully saturated rings. The zero-order valence-corrected chi connectivity index (χ0v) is 11.7. The summed E-state index contributed by atoms with van der Waals surface area (Å²) in [5, 5.41) is 0. The largest absolute Gasteiger partial charge is 0.308 e. The molecule has 94 valence electrons. The molecule has 1 aliphatic rings. The topological polar surface area (TPSA) is 50.4 Å². The van der Waals surface area contributed by atoms with Gasteiger partial charge in [0, 0.05) is 4.88 Å². The van der Waals surface area contributed by atoms with Gasteiger partial charge < -0.3 is 5.43 Å². The molecule has 1 aliphatic carbocycles. The first-order valence-electron chi connectivity index (χ1n) is 6.18. The van der Waals surface area contributed by atoms with Gasteiger partial charge in [0.15, 0.2) is 5.84 Å². The molecule has 3 N–H and O–H groups in total. The van der Waals surface area contributed by atoms with Crippen molar-refractivity contribution in [3.63, 3.8) is 0 Å². The molecule has 17 heavy (non-hydrogen) atoms. The highest BCUT2D eigenvalue weighted by molar-refractivity contribution is 7.14. The molecule has 1 aromatic rings. The standard InChI is InChI=1S/C13H21N3S/c1-13(2,3)15-12(16-14)11-8-9-6-4-5-7-10(9)17-11/h8H,4-7,14H2,1-3H3,(H,15,16). The predicted molar refractivity (Wildman–Crippen MR) is 74.6 cm³/mol. The molecule has 3 nitrogen and oxygen atoms in total. The van der Waals surface area contributed by atoms with E-state index < -0.39 is 0 Å². The smallest absolute Gasteiger partial charge is 0.153 e. The fraction of sp³-hybridized carbons (Fsp3) is 0.615. The van der Waals surface area contributed by atoms with Gasteiger partial charge in [0.25, 0.3) is 0 Å². The normalized spacial score (nSPS) is 16.8. The number of hydrazine groups is 1. The third-order valence-corrected chi connectivity index (χ3v) is 4.06. The fourth-order valence-corrected chi connectivity index (χ4v) is 3.31. The van der Waals surface area contributed by atoms with Crippen LogP contribution in [-0.4, -0.2) is 11.4 Å². The Kier molecular flexibility index (Phi) is 3.54. The van der Waals surface area contributed by atoms with Gasteiger partial charge in [0.05, 0.1) is 10.4 Å². The lowest BCUT2D eigenvalue weighted by Gasteiger charge is -2.14. The minimum absolute atomic E-state index is 0.105. The van der Waals surface area contributed by atoms with Crippen molar-refractivity contribution in [3.05, 3.63) is 21.4 Å². The van der Waals surface area contributed by atoms with E-state index in [4.69, 9.17) is 5.84 Å². The van der Waals surface area contributed by atoms with E-state index in [1.807, 2.05) is 11.3 Å². The predicted octanol–water partition coefficient (Wildman–Crippen LogP) is 2.64. The van der Waals surface area contributed by atoms with Crippen LogP contribution in [0.3, 0.4) is 0 Å². The highest BCUT2D eigenvalue weighted by atomic mass is 32.1. The zero-order chi connectivity index (χ0) is 12.5. The Morgan fingerprint density at radius 3 is 2.65 bits per heavy atom. The molecule has 0 saturated carbocycles. The van der Waals surface area contributed by atoms with E-state index in [0.717, 1.165) is 5.84 Å². The second-order valence-electron chi connectivity index (χ2n) is 5.54. The van der Waals surface area contributed by atoms with Gasteiger partial charge in [-0.3, -0.25) is 4.99 Å². The Hall–Kier alpha value is -0.870.